The quantitative estimate of drug-likeness (QED) is 0.0851. The maximum atomic E-state index is 14.5. The number of carbonyl (C=O) groups excluding carboxylic acids is 4. The molecule has 13 rings (SSSR count). The van der Waals surface area contributed by atoms with Gasteiger partial charge in [0.25, 0.3) is 23.6 Å². The number of aryl methyl sites for hydroxylation is 2. The average Bonchev–Trinajstić information content (AvgIpc) is 3.37. The van der Waals surface area contributed by atoms with Crippen molar-refractivity contribution in [2.24, 2.45) is 0 Å². The minimum atomic E-state index is -0.493. The first-order valence-electron chi connectivity index (χ1n) is 22.9. The van der Waals surface area contributed by atoms with E-state index < -0.39 is 23.6 Å². The lowest BCUT2D eigenvalue weighted by molar-refractivity contribution is 0.0593. The lowest BCUT2D eigenvalue weighted by Crippen LogP contribution is -2.41. The van der Waals surface area contributed by atoms with Crippen LogP contribution < -0.4 is 0 Å². The van der Waals surface area contributed by atoms with Crippen LogP contribution in [0.2, 0.25) is 0 Å². The monoisotopic (exact) mass is 876 g/mol. The number of carbonyl (C=O) groups is 4. The van der Waals surface area contributed by atoms with E-state index in [1.807, 2.05) is 24.3 Å². The SMILES string of the molecule is N#Cc1cc2c3c(cc(C#N)c4c5ccc6c7c(ccc(c1c34)c75)C(=O)N(CCCc1ccc3cc4ccccc4cc3c1)C6=O)C(=O)N(CCCc1ccc3cc4ccccc4cc3c1)C2=O. The molecule has 0 aliphatic carbocycles. The molecule has 320 valence electrons. The molecule has 0 saturated carbocycles. The molecule has 11 aromatic rings. The number of benzene rings is 11. The van der Waals surface area contributed by atoms with Gasteiger partial charge in [0.1, 0.15) is 0 Å². The van der Waals surface area contributed by atoms with Crippen molar-refractivity contribution in [3.63, 3.8) is 0 Å². The Morgan fingerprint density at radius 1 is 0.353 bits per heavy atom. The van der Waals surface area contributed by atoms with Crippen LogP contribution in [0.15, 0.2) is 146 Å². The molecule has 0 bridgehead atoms. The van der Waals surface area contributed by atoms with Crippen molar-refractivity contribution in [1.82, 2.24) is 9.80 Å². The maximum absolute atomic E-state index is 14.5. The first-order chi connectivity index (χ1) is 33.3. The van der Waals surface area contributed by atoms with Crippen LogP contribution in [0.3, 0.4) is 0 Å². The number of nitriles is 2. The minimum absolute atomic E-state index is 0.148. The Morgan fingerprint density at radius 2 is 0.735 bits per heavy atom. The second-order valence-corrected chi connectivity index (χ2v) is 18.2. The molecule has 0 fully saturated rings. The van der Waals surface area contributed by atoms with Crippen molar-refractivity contribution in [2.45, 2.75) is 25.7 Å². The summed E-state index contributed by atoms with van der Waals surface area (Å²) in [5, 5.41) is 34.9. The van der Waals surface area contributed by atoms with Gasteiger partial charge in [-0.3, -0.25) is 29.0 Å². The van der Waals surface area contributed by atoms with Crippen molar-refractivity contribution < 1.29 is 19.2 Å². The second-order valence-electron chi connectivity index (χ2n) is 18.2. The van der Waals surface area contributed by atoms with Crippen LogP contribution in [0.5, 0.6) is 0 Å². The summed E-state index contributed by atoms with van der Waals surface area (Å²) in [4.78, 5) is 60.3. The van der Waals surface area contributed by atoms with Crippen LogP contribution in [0.25, 0.3) is 86.2 Å². The summed E-state index contributed by atoms with van der Waals surface area (Å²) in [7, 11) is 0. The highest BCUT2D eigenvalue weighted by Crippen LogP contribution is 2.48. The average molecular weight is 877 g/mol. The third-order valence-electron chi connectivity index (χ3n) is 14.5. The van der Waals surface area contributed by atoms with E-state index in [2.05, 4.69) is 97.1 Å². The maximum Gasteiger partial charge on any atom is 0.261 e. The zero-order valence-electron chi connectivity index (χ0n) is 36.5. The Bertz CT molecular complexity index is 4090. The van der Waals surface area contributed by atoms with Crippen molar-refractivity contribution in [3.8, 4) is 12.1 Å². The highest BCUT2D eigenvalue weighted by molar-refractivity contribution is 6.42. The Kier molecular flexibility index (Phi) is 8.55. The number of hydrogen-bond acceptors (Lipinski definition) is 6. The van der Waals surface area contributed by atoms with E-state index in [1.165, 1.54) is 26.0 Å². The molecule has 0 unspecified atom stereocenters. The number of nitrogens with zero attached hydrogens (tertiary/aromatic N) is 4. The fourth-order valence-corrected chi connectivity index (χ4v) is 11.3. The first-order valence-corrected chi connectivity index (χ1v) is 22.9. The number of imide groups is 2. The lowest BCUT2D eigenvalue weighted by atomic mass is 9.79. The molecule has 68 heavy (non-hydrogen) atoms. The molecule has 8 heteroatoms. The molecule has 0 saturated heterocycles. The van der Waals surface area contributed by atoms with Crippen LogP contribution in [-0.2, 0) is 12.8 Å². The predicted octanol–water partition coefficient (Wildman–Crippen LogP) is 12.6. The fourth-order valence-electron chi connectivity index (χ4n) is 11.3. The smallest absolute Gasteiger partial charge is 0.261 e. The van der Waals surface area contributed by atoms with Crippen molar-refractivity contribution >= 4 is 110 Å². The van der Waals surface area contributed by atoms with Gasteiger partial charge in [0, 0.05) is 51.1 Å². The van der Waals surface area contributed by atoms with Crippen molar-refractivity contribution in [3.05, 3.63) is 190 Å². The van der Waals surface area contributed by atoms with E-state index in [-0.39, 0.29) is 35.3 Å². The van der Waals surface area contributed by atoms with E-state index in [9.17, 15) is 29.7 Å². The molecule has 0 radical (unpaired) electrons. The summed E-state index contributed by atoms with van der Waals surface area (Å²) < 4.78 is 0. The first kappa shape index (κ1) is 39.4. The zero-order chi connectivity index (χ0) is 45.9. The Morgan fingerprint density at radius 3 is 1.16 bits per heavy atom. The van der Waals surface area contributed by atoms with Gasteiger partial charge in [-0.2, -0.15) is 10.5 Å². The number of amides is 4. The van der Waals surface area contributed by atoms with Gasteiger partial charge < -0.3 is 0 Å². The molecule has 0 spiro atoms. The van der Waals surface area contributed by atoms with Crippen LogP contribution in [0.4, 0.5) is 0 Å². The Labute approximate surface area is 388 Å². The van der Waals surface area contributed by atoms with Crippen LogP contribution in [-0.4, -0.2) is 46.5 Å². The van der Waals surface area contributed by atoms with Crippen LogP contribution >= 0.6 is 0 Å². The third kappa shape index (κ3) is 5.71. The Balaban J connectivity index is 0.836. The van der Waals surface area contributed by atoms with Gasteiger partial charge in [-0.05, 0) is 145 Å². The molecule has 0 atom stereocenters. The second kappa shape index (κ2) is 14.8. The number of fused-ring (bicyclic) bond motifs is 6. The highest BCUT2D eigenvalue weighted by atomic mass is 16.2. The van der Waals surface area contributed by atoms with Gasteiger partial charge in [0.2, 0.25) is 0 Å². The van der Waals surface area contributed by atoms with Gasteiger partial charge in [-0.1, -0.05) is 97.1 Å². The summed E-state index contributed by atoms with van der Waals surface area (Å²) in [5.74, 6) is -1.79. The topological polar surface area (TPSA) is 122 Å². The third-order valence-corrected chi connectivity index (χ3v) is 14.5. The minimum Gasteiger partial charge on any atom is -0.274 e. The molecule has 2 aliphatic heterocycles. The summed E-state index contributed by atoms with van der Waals surface area (Å²) in [6, 6.07) is 52.8. The standard InChI is InChI=1S/C60H36N4O4/c61-31-43-29-49-55-50(60(68)64(59(49)67)22-6-8-34-14-16-40-26-36-10-2-4-12-38(36)28-42(40)24-34)30-44(32-62)52-46-18-20-48-54-47(19-17-45(53(46)54)51(43)56(52)55)57(65)63(58(48)66)21-5-7-33-13-15-39-25-35-9-1-3-11-37(35)27-41(39)23-33/h1-4,9-20,23-30H,5-8,21-22H2. The summed E-state index contributed by atoms with van der Waals surface area (Å²) >= 11 is 0. The van der Waals surface area contributed by atoms with Crippen molar-refractivity contribution in [2.75, 3.05) is 13.1 Å². The summed E-state index contributed by atoms with van der Waals surface area (Å²) in [5.41, 5.74) is 3.78. The molecular weight excluding hydrogens is 841 g/mol. The van der Waals surface area contributed by atoms with E-state index >= 15 is 0 Å². The van der Waals surface area contributed by atoms with E-state index in [1.54, 1.807) is 36.4 Å². The molecule has 11 aromatic carbocycles. The Hall–Kier alpha value is -8.98. The molecule has 0 aromatic heterocycles. The lowest BCUT2D eigenvalue weighted by Gasteiger charge is -2.30. The molecule has 8 nitrogen and oxygen atoms in total. The highest BCUT2D eigenvalue weighted by Gasteiger charge is 2.38. The van der Waals surface area contributed by atoms with Crippen LogP contribution in [0, 0.1) is 22.7 Å². The molecule has 2 aliphatic rings. The van der Waals surface area contributed by atoms with Crippen LogP contribution in [0.1, 0.15) is 76.5 Å². The summed E-state index contributed by atoms with van der Waals surface area (Å²) in [6.45, 7) is 0.373. The largest absolute Gasteiger partial charge is 0.274 e. The van der Waals surface area contributed by atoms with Crippen molar-refractivity contribution in [1.29, 1.82) is 10.5 Å². The molecule has 0 N–H and O–H groups in total. The van der Waals surface area contributed by atoms with Gasteiger partial charge in [0.05, 0.1) is 34.4 Å². The summed E-state index contributed by atoms with van der Waals surface area (Å²) in [6.07, 6.45) is 2.38. The predicted molar refractivity (Wildman–Crippen MR) is 267 cm³/mol. The molecule has 4 amide bonds. The van der Waals surface area contributed by atoms with Gasteiger partial charge in [0.15, 0.2) is 0 Å². The van der Waals surface area contributed by atoms with Gasteiger partial charge >= 0.3 is 0 Å². The van der Waals surface area contributed by atoms with Gasteiger partial charge in [-0.25, -0.2) is 0 Å². The van der Waals surface area contributed by atoms with E-state index in [0.29, 0.717) is 79.9 Å². The van der Waals surface area contributed by atoms with E-state index in [4.69, 9.17) is 0 Å². The molecular formula is C60H36N4O4. The fraction of sp³-hybridized carbons (Fsp3) is 0.100. The zero-order valence-corrected chi connectivity index (χ0v) is 36.5. The number of hydrogen-bond donors (Lipinski definition) is 0. The number of rotatable bonds is 8. The van der Waals surface area contributed by atoms with E-state index in [0.717, 1.165) is 38.1 Å². The normalized spacial score (nSPS) is 13.7. The van der Waals surface area contributed by atoms with Gasteiger partial charge in [-0.15, -0.1) is 0 Å². The molecule has 2 heterocycles.